The Labute approximate surface area is 134 Å². The molecule has 1 aromatic heterocycles. The van der Waals surface area contributed by atoms with E-state index in [0.29, 0.717) is 24.5 Å². The summed E-state index contributed by atoms with van der Waals surface area (Å²) in [4.78, 5) is 12.1. The maximum absolute atomic E-state index is 12.1. The van der Waals surface area contributed by atoms with Crippen LogP contribution in [0.25, 0.3) is 0 Å². The van der Waals surface area contributed by atoms with Crippen LogP contribution >= 0.6 is 0 Å². The topological polar surface area (TPSA) is 72.7 Å². The number of hydrogen-bond donors (Lipinski definition) is 2. The average molecular weight is 316 g/mol. The number of hydrogen-bond acceptors (Lipinski definition) is 4. The zero-order valence-corrected chi connectivity index (χ0v) is 12.9. The van der Waals surface area contributed by atoms with E-state index in [9.17, 15) is 9.90 Å². The van der Waals surface area contributed by atoms with Gasteiger partial charge in [-0.2, -0.15) is 0 Å². The van der Waals surface area contributed by atoms with Gasteiger partial charge in [0.1, 0.15) is 6.61 Å². The number of nitrogens with one attached hydrogen (secondary N) is 1. The van der Waals surface area contributed by atoms with Crippen molar-refractivity contribution in [2.75, 3.05) is 13.2 Å². The largest absolute Gasteiger partial charge is 0.485 e. The van der Waals surface area contributed by atoms with E-state index >= 15 is 0 Å². The van der Waals surface area contributed by atoms with Crippen molar-refractivity contribution in [3.8, 4) is 11.5 Å². The van der Waals surface area contributed by atoms with Crippen LogP contribution in [0, 0.1) is 0 Å². The van der Waals surface area contributed by atoms with Crippen molar-refractivity contribution in [3.05, 3.63) is 48.3 Å². The van der Waals surface area contributed by atoms with E-state index in [-0.39, 0.29) is 12.5 Å². The molecule has 1 amide bonds. The summed E-state index contributed by atoms with van der Waals surface area (Å²) in [6, 6.07) is 11.0. The molecule has 0 saturated heterocycles. The SMILES string of the molecule is Cn1cccc1C(O)CCNC(=O)C1COc2ccccc2O1. The quantitative estimate of drug-likeness (QED) is 0.875. The van der Waals surface area contributed by atoms with E-state index in [0.717, 1.165) is 5.69 Å². The predicted octanol–water partition coefficient (Wildman–Crippen LogP) is 1.40. The summed E-state index contributed by atoms with van der Waals surface area (Å²) in [5, 5.41) is 12.9. The first-order valence-corrected chi connectivity index (χ1v) is 7.60. The fourth-order valence-corrected chi connectivity index (χ4v) is 2.56. The maximum atomic E-state index is 12.1. The Morgan fingerprint density at radius 3 is 2.87 bits per heavy atom. The molecule has 0 spiro atoms. The molecule has 2 heterocycles. The molecule has 6 heteroatoms. The van der Waals surface area contributed by atoms with E-state index < -0.39 is 12.2 Å². The second-order valence-corrected chi connectivity index (χ2v) is 5.50. The van der Waals surface area contributed by atoms with Crippen LogP contribution in [0.15, 0.2) is 42.6 Å². The summed E-state index contributed by atoms with van der Waals surface area (Å²) >= 11 is 0. The average Bonchev–Trinajstić information content (AvgIpc) is 3.00. The molecule has 0 aliphatic carbocycles. The number of carbonyl (C=O) groups is 1. The van der Waals surface area contributed by atoms with Gasteiger partial charge in [-0.25, -0.2) is 0 Å². The second-order valence-electron chi connectivity index (χ2n) is 5.50. The number of fused-ring (bicyclic) bond motifs is 1. The first-order chi connectivity index (χ1) is 11.1. The van der Waals surface area contributed by atoms with Gasteiger partial charge in [-0.3, -0.25) is 4.79 Å². The molecule has 23 heavy (non-hydrogen) atoms. The molecular formula is C17H20N2O4. The smallest absolute Gasteiger partial charge is 0.264 e. The molecule has 0 saturated carbocycles. The zero-order valence-electron chi connectivity index (χ0n) is 12.9. The number of carbonyl (C=O) groups excluding carboxylic acids is 1. The van der Waals surface area contributed by atoms with Crippen molar-refractivity contribution in [2.24, 2.45) is 7.05 Å². The number of aliphatic hydroxyl groups excluding tert-OH is 1. The van der Waals surface area contributed by atoms with Crippen LogP contribution in [0.5, 0.6) is 11.5 Å². The minimum atomic E-state index is -0.669. The molecule has 2 N–H and O–H groups in total. The van der Waals surface area contributed by atoms with E-state index in [1.165, 1.54) is 0 Å². The van der Waals surface area contributed by atoms with Gasteiger partial charge in [0.05, 0.1) is 6.10 Å². The van der Waals surface area contributed by atoms with Crippen molar-refractivity contribution in [2.45, 2.75) is 18.6 Å². The summed E-state index contributed by atoms with van der Waals surface area (Å²) in [6.07, 6.45) is 1.03. The molecule has 1 aliphatic rings. The summed E-state index contributed by atoms with van der Waals surface area (Å²) in [5.74, 6) is 0.983. The highest BCUT2D eigenvalue weighted by Crippen LogP contribution is 2.30. The summed E-state index contributed by atoms with van der Waals surface area (Å²) < 4.78 is 13.0. The van der Waals surface area contributed by atoms with Gasteiger partial charge in [-0.05, 0) is 30.7 Å². The number of para-hydroxylation sites is 2. The van der Waals surface area contributed by atoms with Crippen LogP contribution in [0.3, 0.4) is 0 Å². The lowest BCUT2D eigenvalue weighted by molar-refractivity contribution is -0.130. The van der Waals surface area contributed by atoms with E-state index in [1.807, 2.05) is 42.1 Å². The van der Waals surface area contributed by atoms with Gasteiger partial charge >= 0.3 is 0 Å². The highest BCUT2D eigenvalue weighted by Gasteiger charge is 2.27. The number of nitrogens with zero attached hydrogens (tertiary/aromatic N) is 1. The predicted molar refractivity (Wildman–Crippen MR) is 84.4 cm³/mol. The molecular weight excluding hydrogens is 296 g/mol. The Kier molecular flexibility index (Phi) is 4.52. The second kappa shape index (κ2) is 6.75. The molecule has 0 bridgehead atoms. The molecule has 0 fully saturated rings. The third-order valence-electron chi connectivity index (χ3n) is 3.84. The zero-order chi connectivity index (χ0) is 16.2. The molecule has 2 aromatic rings. The van der Waals surface area contributed by atoms with Gasteiger partial charge < -0.3 is 24.5 Å². The van der Waals surface area contributed by atoms with Gasteiger partial charge in [0.15, 0.2) is 11.5 Å². The van der Waals surface area contributed by atoms with Crippen LogP contribution in [0.2, 0.25) is 0 Å². The lowest BCUT2D eigenvalue weighted by atomic mass is 10.2. The van der Waals surface area contributed by atoms with Gasteiger partial charge in [0.2, 0.25) is 6.10 Å². The summed E-state index contributed by atoms with van der Waals surface area (Å²) in [6.45, 7) is 0.551. The number of aromatic nitrogens is 1. The van der Waals surface area contributed by atoms with Crippen molar-refractivity contribution in [1.82, 2.24) is 9.88 Å². The van der Waals surface area contributed by atoms with Crippen LogP contribution in [0.1, 0.15) is 18.2 Å². The number of benzene rings is 1. The number of rotatable bonds is 5. The molecule has 122 valence electrons. The Balaban J connectivity index is 1.48. The van der Waals surface area contributed by atoms with E-state index in [2.05, 4.69) is 5.32 Å². The number of ether oxygens (including phenoxy) is 2. The van der Waals surface area contributed by atoms with Crippen molar-refractivity contribution >= 4 is 5.91 Å². The standard InChI is InChI=1S/C17H20N2O4/c1-19-10-4-5-12(19)13(20)8-9-18-17(21)16-11-22-14-6-2-3-7-15(14)23-16/h2-7,10,13,16,20H,8-9,11H2,1H3,(H,18,21). The van der Waals surface area contributed by atoms with Gasteiger partial charge in [0.25, 0.3) is 5.91 Å². The highest BCUT2D eigenvalue weighted by atomic mass is 16.6. The molecule has 1 aliphatic heterocycles. The molecule has 0 radical (unpaired) electrons. The van der Waals surface area contributed by atoms with Gasteiger partial charge in [0, 0.05) is 25.5 Å². The Morgan fingerprint density at radius 2 is 2.13 bits per heavy atom. The van der Waals surface area contributed by atoms with Crippen LogP contribution < -0.4 is 14.8 Å². The Morgan fingerprint density at radius 1 is 1.35 bits per heavy atom. The Bertz CT molecular complexity index is 683. The normalized spacial score (nSPS) is 17.6. The summed E-state index contributed by atoms with van der Waals surface area (Å²) in [7, 11) is 1.88. The van der Waals surface area contributed by atoms with E-state index in [1.54, 1.807) is 12.1 Å². The maximum Gasteiger partial charge on any atom is 0.264 e. The van der Waals surface area contributed by atoms with Gasteiger partial charge in [-0.15, -0.1) is 0 Å². The fraction of sp³-hybridized carbons (Fsp3) is 0.353. The third kappa shape index (κ3) is 3.48. The number of aliphatic hydroxyl groups is 1. The minimum Gasteiger partial charge on any atom is -0.485 e. The molecule has 6 nitrogen and oxygen atoms in total. The van der Waals surface area contributed by atoms with Crippen molar-refractivity contribution in [1.29, 1.82) is 0 Å². The lowest BCUT2D eigenvalue weighted by Crippen LogP contribution is -2.44. The van der Waals surface area contributed by atoms with Gasteiger partial charge in [-0.1, -0.05) is 12.1 Å². The van der Waals surface area contributed by atoms with Crippen LogP contribution in [-0.2, 0) is 11.8 Å². The number of amides is 1. The minimum absolute atomic E-state index is 0.184. The first kappa shape index (κ1) is 15.4. The van der Waals surface area contributed by atoms with Crippen LogP contribution in [0.4, 0.5) is 0 Å². The fourth-order valence-electron chi connectivity index (χ4n) is 2.56. The lowest BCUT2D eigenvalue weighted by Gasteiger charge is -2.25. The third-order valence-corrected chi connectivity index (χ3v) is 3.84. The molecule has 3 rings (SSSR count). The Hall–Kier alpha value is -2.47. The summed E-state index contributed by atoms with van der Waals surface area (Å²) in [5.41, 5.74) is 0.824. The highest BCUT2D eigenvalue weighted by molar-refractivity contribution is 5.81. The van der Waals surface area contributed by atoms with Crippen LogP contribution in [-0.4, -0.2) is 34.8 Å². The molecule has 2 atom stereocenters. The van der Waals surface area contributed by atoms with Crippen molar-refractivity contribution in [3.63, 3.8) is 0 Å². The number of aryl methyl sites for hydroxylation is 1. The first-order valence-electron chi connectivity index (χ1n) is 7.60. The van der Waals surface area contributed by atoms with E-state index in [4.69, 9.17) is 9.47 Å². The molecule has 1 aromatic carbocycles. The van der Waals surface area contributed by atoms with Crippen molar-refractivity contribution < 1.29 is 19.4 Å². The molecule has 2 unspecified atom stereocenters. The monoisotopic (exact) mass is 316 g/mol.